The van der Waals surface area contributed by atoms with E-state index in [-0.39, 0.29) is 0 Å². The molecule has 1 N–H and O–H groups in total. The average molecular weight is 233 g/mol. The Morgan fingerprint density at radius 3 is 2.53 bits per heavy atom. The zero-order chi connectivity index (χ0) is 12.8. The Bertz CT molecular complexity index is 382. The van der Waals surface area contributed by atoms with Crippen LogP contribution in [0.1, 0.15) is 25.8 Å². The van der Waals surface area contributed by atoms with E-state index >= 15 is 0 Å². The molecule has 0 aromatic heterocycles. The van der Waals surface area contributed by atoms with Crippen LogP contribution in [0.4, 0.5) is 0 Å². The Hall–Kier alpha value is -1.28. The van der Waals surface area contributed by atoms with Crippen molar-refractivity contribution in [1.82, 2.24) is 4.90 Å². The van der Waals surface area contributed by atoms with Crippen LogP contribution in [0.15, 0.2) is 30.3 Å². The summed E-state index contributed by atoms with van der Waals surface area (Å²) in [4.78, 5) is 2.17. The molecular weight excluding hydrogens is 210 g/mol. The van der Waals surface area contributed by atoms with Gasteiger partial charge in [0.05, 0.1) is 0 Å². The molecule has 1 unspecified atom stereocenters. The third-order valence-corrected chi connectivity index (χ3v) is 2.81. The first-order valence-electron chi connectivity index (χ1n) is 6.19. The van der Waals surface area contributed by atoms with Gasteiger partial charge in [0, 0.05) is 12.1 Å². The van der Waals surface area contributed by atoms with Crippen molar-refractivity contribution in [3.63, 3.8) is 0 Å². The molecule has 94 valence electrons. The molecule has 1 aromatic carbocycles. The number of rotatable bonds is 5. The molecule has 17 heavy (non-hydrogen) atoms. The number of hydrogen-bond donors (Lipinski definition) is 1. The summed E-state index contributed by atoms with van der Waals surface area (Å²) in [5.74, 6) is 0.788. The van der Waals surface area contributed by atoms with E-state index in [2.05, 4.69) is 38.9 Å². The Balaban J connectivity index is 3.02. The van der Waals surface area contributed by atoms with E-state index < -0.39 is 0 Å². The topological polar surface area (TPSA) is 23.5 Å². The van der Waals surface area contributed by atoms with Gasteiger partial charge in [-0.2, -0.15) is 0 Å². The number of nitrogens with zero attached hydrogens (tertiary/aromatic N) is 1. The summed E-state index contributed by atoms with van der Waals surface area (Å²) < 4.78 is 0. The molecule has 0 bridgehead atoms. The Labute approximate surface area is 105 Å². The number of aromatic hydroxyl groups is 1. The van der Waals surface area contributed by atoms with Gasteiger partial charge in [-0.15, -0.1) is 0 Å². The highest BCUT2D eigenvalue weighted by atomic mass is 16.3. The van der Waals surface area contributed by atoms with Crippen molar-refractivity contribution in [3.8, 4) is 5.75 Å². The first kappa shape index (κ1) is 13.8. The molecule has 0 saturated carbocycles. The van der Waals surface area contributed by atoms with E-state index in [4.69, 9.17) is 0 Å². The lowest BCUT2D eigenvalue weighted by Gasteiger charge is -2.21. The van der Waals surface area contributed by atoms with E-state index in [9.17, 15) is 5.11 Å². The highest BCUT2D eigenvalue weighted by Crippen LogP contribution is 2.30. The molecule has 0 radical (unpaired) electrons. The molecule has 1 rings (SSSR count). The Kier molecular flexibility index (Phi) is 5.23. The summed E-state index contributed by atoms with van der Waals surface area (Å²) in [5, 5.41) is 9.94. The molecule has 2 heteroatoms. The fraction of sp³-hybridized carbons (Fsp3) is 0.467. The summed E-state index contributed by atoms with van der Waals surface area (Å²) in [6, 6.07) is 7.57. The SMILES string of the molecule is CC/C=C(/c1ccccc1O)C(C)CN(C)C. The number of hydrogen-bond acceptors (Lipinski definition) is 2. The number of allylic oxidation sites excluding steroid dienone is 1. The van der Waals surface area contributed by atoms with Gasteiger partial charge in [0.2, 0.25) is 0 Å². The molecule has 2 nitrogen and oxygen atoms in total. The van der Waals surface area contributed by atoms with Crippen molar-refractivity contribution < 1.29 is 5.11 Å². The zero-order valence-electron chi connectivity index (χ0n) is 11.3. The van der Waals surface area contributed by atoms with Gasteiger partial charge in [-0.3, -0.25) is 0 Å². The van der Waals surface area contributed by atoms with Crippen molar-refractivity contribution in [2.45, 2.75) is 20.3 Å². The van der Waals surface area contributed by atoms with E-state index in [1.54, 1.807) is 6.07 Å². The molecular formula is C15H23NO. The standard InChI is InChI=1S/C15H23NO/c1-5-8-13(12(2)11-16(3)4)14-9-6-7-10-15(14)17/h6-10,12,17H,5,11H2,1-4H3/b13-8+. The van der Waals surface area contributed by atoms with Gasteiger partial charge in [-0.05, 0) is 38.1 Å². The third kappa shape index (κ3) is 3.90. The van der Waals surface area contributed by atoms with Gasteiger partial charge in [-0.1, -0.05) is 38.1 Å². The summed E-state index contributed by atoms with van der Waals surface area (Å²) >= 11 is 0. The smallest absolute Gasteiger partial charge is 0.123 e. The maximum atomic E-state index is 9.94. The minimum absolute atomic E-state index is 0.373. The van der Waals surface area contributed by atoms with Gasteiger partial charge in [0.15, 0.2) is 0 Å². The van der Waals surface area contributed by atoms with Gasteiger partial charge in [0.25, 0.3) is 0 Å². The van der Waals surface area contributed by atoms with Crippen LogP contribution in [0, 0.1) is 5.92 Å². The average Bonchev–Trinajstić information content (AvgIpc) is 2.26. The highest BCUT2D eigenvalue weighted by molar-refractivity contribution is 5.71. The lowest BCUT2D eigenvalue weighted by Crippen LogP contribution is -2.20. The van der Waals surface area contributed by atoms with Crippen LogP contribution in [-0.4, -0.2) is 30.6 Å². The van der Waals surface area contributed by atoms with E-state index in [1.165, 1.54) is 5.57 Å². The predicted octanol–water partition coefficient (Wildman–Crippen LogP) is 3.38. The molecule has 0 fully saturated rings. The first-order valence-corrected chi connectivity index (χ1v) is 6.19. The van der Waals surface area contributed by atoms with Crippen LogP contribution in [0.2, 0.25) is 0 Å². The third-order valence-electron chi connectivity index (χ3n) is 2.81. The van der Waals surface area contributed by atoms with Gasteiger partial charge in [0.1, 0.15) is 5.75 Å². The maximum Gasteiger partial charge on any atom is 0.123 e. The normalized spacial score (nSPS) is 14.1. The predicted molar refractivity (Wildman–Crippen MR) is 74.1 cm³/mol. The molecule has 0 aliphatic carbocycles. The van der Waals surface area contributed by atoms with Crippen molar-refractivity contribution in [2.24, 2.45) is 5.92 Å². The van der Waals surface area contributed by atoms with E-state index in [0.717, 1.165) is 18.5 Å². The van der Waals surface area contributed by atoms with Crippen LogP contribution in [0.5, 0.6) is 5.75 Å². The van der Waals surface area contributed by atoms with Crippen LogP contribution >= 0.6 is 0 Å². The fourth-order valence-corrected chi connectivity index (χ4v) is 2.16. The molecule has 0 aliphatic heterocycles. The Morgan fingerprint density at radius 2 is 2.00 bits per heavy atom. The van der Waals surface area contributed by atoms with Gasteiger partial charge < -0.3 is 10.0 Å². The second-order valence-electron chi connectivity index (χ2n) is 4.75. The summed E-state index contributed by atoms with van der Waals surface area (Å²) in [7, 11) is 4.15. The van der Waals surface area contributed by atoms with Crippen LogP contribution in [-0.2, 0) is 0 Å². The number of phenols is 1. The minimum atomic E-state index is 0.373. The molecule has 0 spiro atoms. The van der Waals surface area contributed by atoms with Crippen molar-refractivity contribution >= 4 is 5.57 Å². The minimum Gasteiger partial charge on any atom is -0.507 e. The second kappa shape index (κ2) is 6.45. The van der Waals surface area contributed by atoms with Crippen LogP contribution in [0.25, 0.3) is 5.57 Å². The summed E-state index contributed by atoms with van der Waals surface area (Å²) in [5.41, 5.74) is 2.20. The van der Waals surface area contributed by atoms with E-state index in [1.807, 2.05) is 18.2 Å². The van der Waals surface area contributed by atoms with Crippen molar-refractivity contribution in [1.29, 1.82) is 0 Å². The zero-order valence-corrected chi connectivity index (χ0v) is 11.3. The second-order valence-corrected chi connectivity index (χ2v) is 4.75. The maximum absolute atomic E-state index is 9.94. The largest absolute Gasteiger partial charge is 0.507 e. The first-order chi connectivity index (χ1) is 8.06. The van der Waals surface area contributed by atoms with Crippen molar-refractivity contribution in [2.75, 3.05) is 20.6 Å². The van der Waals surface area contributed by atoms with Gasteiger partial charge >= 0.3 is 0 Å². The summed E-state index contributed by atoms with van der Waals surface area (Å²) in [6.07, 6.45) is 3.20. The quantitative estimate of drug-likeness (QED) is 0.842. The highest BCUT2D eigenvalue weighted by Gasteiger charge is 2.14. The van der Waals surface area contributed by atoms with Crippen molar-refractivity contribution in [3.05, 3.63) is 35.9 Å². The van der Waals surface area contributed by atoms with Crippen LogP contribution in [0.3, 0.4) is 0 Å². The molecule has 1 atom stereocenters. The lowest BCUT2D eigenvalue weighted by molar-refractivity contribution is 0.375. The lowest BCUT2D eigenvalue weighted by atomic mass is 9.92. The van der Waals surface area contributed by atoms with Crippen LogP contribution < -0.4 is 0 Å². The molecule has 0 amide bonds. The molecule has 0 aliphatic rings. The van der Waals surface area contributed by atoms with E-state index in [0.29, 0.717) is 11.7 Å². The number of para-hydroxylation sites is 1. The molecule has 1 aromatic rings. The fourth-order valence-electron chi connectivity index (χ4n) is 2.16. The monoisotopic (exact) mass is 233 g/mol. The Morgan fingerprint density at radius 1 is 1.35 bits per heavy atom. The molecule has 0 saturated heterocycles. The summed E-state index contributed by atoms with van der Waals surface area (Å²) in [6.45, 7) is 5.32. The van der Waals surface area contributed by atoms with Gasteiger partial charge in [-0.25, -0.2) is 0 Å². The number of benzene rings is 1. The molecule has 0 heterocycles. The number of phenolic OH excluding ortho intramolecular Hbond substituents is 1.